The molecule has 1 aliphatic heterocycles. The smallest absolute Gasteiger partial charge is 0.223 e. The number of carbonyl (C=O) groups excluding carboxylic acids is 2. The summed E-state index contributed by atoms with van der Waals surface area (Å²) in [6.07, 6.45) is 3.82. The van der Waals surface area contributed by atoms with Crippen LogP contribution in [0.2, 0.25) is 0 Å². The van der Waals surface area contributed by atoms with Crippen LogP contribution in [-0.2, 0) is 15.0 Å². The highest BCUT2D eigenvalue weighted by atomic mass is 16.2. The van der Waals surface area contributed by atoms with Crippen molar-refractivity contribution in [1.29, 1.82) is 0 Å². The Morgan fingerprint density at radius 1 is 1.25 bits per heavy atom. The first-order chi connectivity index (χ1) is 11.4. The summed E-state index contributed by atoms with van der Waals surface area (Å²) in [6, 6.07) is 10.3. The number of nitrogens with one attached hydrogen (secondary N) is 1. The van der Waals surface area contributed by atoms with Gasteiger partial charge in [-0.3, -0.25) is 9.59 Å². The average Bonchev–Trinajstić information content (AvgIpc) is 2.55. The maximum absolute atomic E-state index is 12.8. The van der Waals surface area contributed by atoms with E-state index in [2.05, 4.69) is 31.3 Å². The van der Waals surface area contributed by atoms with Crippen molar-refractivity contribution in [3.63, 3.8) is 0 Å². The van der Waals surface area contributed by atoms with Gasteiger partial charge in [-0.1, -0.05) is 51.1 Å². The van der Waals surface area contributed by atoms with E-state index in [-0.39, 0.29) is 23.3 Å². The summed E-state index contributed by atoms with van der Waals surface area (Å²) in [5.74, 6) is 0.278. The second-order valence-electron chi connectivity index (χ2n) is 7.42. The van der Waals surface area contributed by atoms with Crippen LogP contribution < -0.4 is 5.32 Å². The molecule has 1 N–H and O–H groups in total. The molecule has 0 aromatic heterocycles. The summed E-state index contributed by atoms with van der Waals surface area (Å²) in [7, 11) is 0. The molecular weight excluding hydrogens is 300 g/mol. The first-order valence-electron chi connectivity index (χ1n) is 9.05. The molecule has 1 fully saturated rings. The lowest BCUT2D eigenvalue weighted by atomic mass is 9.81. The first kappa shape index (κ1) is 18.5. The quantitative estimate of drug-likeness (QED) is 0.870. The number of benzene rings is 1. The van der Waals surface area contributed by atoms with Crippen molar-refractivity contribution in [3.05, 3.63) is 35.9 Å². The number of piperidine rings is 1. The van der Waals surface area contributed by atoms with E-state index < -0.39 is 0 Å². The Kier molecular flexibility index (Phi) is 6.41. The predicted molar refractivity (Wildman–Crippen MR) is 96.7 cm³/mol. The van der Waals surface area contributed by atoms with Gasteiger partial charge in [0.25, 0.3) is 0 Å². The molecule has 1 atom stereocenters. The van der Waals surface area contributed by atoms with Gasteiger partial charge in [0.15, 0.2) is 0 Å². The van der Waals surface area contributed by atoms with Gasteiger partial charge in [0.1, 0.15) is 0 Å². The summed E-state index contributed by atoms with van der Waals surface area (Å²) in [5, 5.41) is 3.07. The van der Waals surface area contributed by atoms with E-state index in [9.17, 15) is 9.59 Å². The van der Waals surface area contributed by atoms with Gasteiger partial charge in [-0.05, 0) is 30.2 Å². The third-order valence-corrected chi connectivity index (χ3v) is 4.76. The zero-order chi connectivity index (χ0) is 17.6. The molecule has 4 heteroatoms. The van der Waals surface area contributed by atoms with E-state index in [1.165, 1.54) is 5.56 Å². The topological polar surface area (TPSA) is 49.4 Å². The second kappa shape index (κ2) is 8.32. The van der Waals surface area contributed by atoms with Gasteiger partial charge in [0.05, 0.1) is 0 Å². The Morgan fingerprint density at radius 2 is 1.96 bits per heavy atom. The van der Waals surface area contributed by atoms with Crippen LogP contribution in [0.25, 0.3) is 0 Å². The van der Waals surface area contributed by atoms with Crippen LogP contribution in [0.4, 0.5) is 0 Å². The van der Waals surface area contributed by atoms with Crippen molar-refractivity contribution in [1.82, 2.24) is 10.2 Å². The van der Waals surface area contributed by atoms with Crippen LogP contribution in [-0.4, -0.2) is 35.8 Å². The first-order valence-corrected chi connectivity index (χ1v) is 9.05. The third kappa shape index (κ3) is 5.08. The standard InChI is InChI=1S/C20H30N2O2/c1-4-9-18(23)21-17-12-8-13-22(15-17)19(24)14-20(2,3)16-10-6-5-7-11-16/h5-7,10-11,17H,4,8-9,12-15H2,1-3H3,(H,21,23). The molecule has 4 nitrogen and oxygen atoms in total. The van der Waals surface area contributed by atoms with Crippen molar-refractivity contribution in [3.8, 4) is 0 Å². The Labute approximate surface area is 145 Å². The molecule has 1 aromatic rings. The average molecular weight is 330 g/mol. The molecule has 0 saturated carbocycles. The van der Waals surface area contributed by atoms with Crippen molar-refractivity contribution in [2.75, 3.05) is 13.1 Å². The minimum absolute atomic E-state index is 0.0985. The predicted octanol–water partition coefficient (Wildman–Crippen LogP) is 3.26. The normalized spacial score (nSPS) is 18.3. The minimum Gasteiger partial charge on any atom is -0.352 e. The fourth-order valence-electron chi connectivity index (χ4n) is 3.33. The number of amides is 2. The monoisotopic (exact) mass is 330 g/mol. The highest BCUT2D eigenvalue weighted by Gasteiger charge is 2.30. The molecule has 0 spiro atoms. The summed E-state index contributed by atoms with van der Waals surface area (Å²) in [6.45, 7) is 7.67. The molecule has 0 aliphatic carbocycles. The van der Waals surface area contributed by atoms with Gasteiger partial charge < -0.3 is 10.2 Å². The molecule has 1 aromatic carbocycles. The fraction of sp³-hybridized carbons (Fsp3) is 0.600. The number of carbonyl (C=O) groups is 2. The van der Waals surface area contributed by atoms with Crippen LogP contribution >= 0.6 is 0 Å². The van der Waals surface area contributed by atoms with Gasteiger partial charge in [-0.2, -0.15) is 0 Å². The Bertz CT molecular complexity index is 554. The molecule has 132 valence electrons. The number of nitrogens with zero attached hydrogens (tertiary/aromatic N) is 1. The molecule has 2 rings (SSSR count). The van der Waals surface area contributed by atoms with Crippen molar-refractivity contribution in [2.45, 2.75) is 64.3 Å². The molecular formula is C20H30N2O2. The molecule has 24 heavy (non-hydrogen) atoms. The van der Waals surface area contributed by atoms with Crippen LogP contribution in [0.1, 0.15) is 58.4 Å². The van der Waals surface area contributed by atoms with E-state index in [1.807, 2.05) is 30.0 Å². The zero-order valence-electron chi connectivity index (χ0n) is 15.2. The lowest BCUT2D eigenvalue weighted by Crippen LogP contribution is -2.50. The maximum atomic E-state index is 12.8. The van der Waals surface area contributed by atoms with Crippen molar-refractivity contribution >= 4 is 11.8 Å². The third-order valence-electron chi connectivity index (χ3n) is 4.76. The fourth-order valence-corrected chi connectivity index (χ4v) is 3.33. The lowest BCUT2D eigenvalue weighted by molar-refractivity contribution is -0.134. The van der Waals surface area contributed by atoms with Gasteiger partial charge in [-0.15, -0.1) is 0 Å². The van der Waals surface area contributed by atoms with Crippen molar-refractivity contribution < 1.29 is 9.59 Å². The van der Waals surface area contributed by atoms with E-state index >= 15 is 0 Å². The SMILES string of the molecule is CCCC(=O)NC1CCCN(C(=O)CC(C)(C)c2ccccc2)C1. The lowest BCUT2D eigenvalue weighted by Gasteiger charge is -2.35. The second-order valence-corrected chi connectivity index (χ2v) is 7.42. The number of likely N-dealkylation sites (tertiary alicyclic amines) is 1. The van der Waals surface area contributed by atoms with E-state index in [0.717, 1.165) is 25.8 Å². The molecule has 1 heterocycles. The molecule has 1 saturated heterocycles. The Hall–Kier alpha value is -1.84. The minimum atomic E-state index is -0.184. The van der Waals surface area contributed by atoms with Crippen LogP contribution in [0.3, 0.4) is 0 Å². The summed E-state index contributed by atoms with van der Waals surface area (Å²) >= 11 is 0. The number of hydrogen-bond donors (Lipinski definition) is 1. The molecule has 2 amide bonds. The van der Waals surface area contributed by atoms with Gasteiger partial charge >= 0.3 is 0 Å². The number of hydrogen-bond acceptors (Lipinski definition) is 2. The van der Waals surface area contributed by atoms with Crippen LogP contribution in [0, 0.1) is 0 Å². The summed E-state index contributed by atoms with van der Waals surface area (Å²) in [4.78, 5) is 26.5. The number of rotatable bonds is 6. The zero-order valence-corrected chi connectivity index (χ0v) is 15.2. The highest BCUT2D eigenvalue weighted by molar-refractivity contribution is 5.78. The summed E-state index contributed by atoms with van der Waals surface area (Å²) < 4.78 is 0. The van der Waals surface area contributed by atoms with E-state index in [1.54, 1.807) is 0 Å². The van der Waals surface area contributed by atoms with Crippen molar-refractivity contribution in [2.24, 2.45) is 0 Å². The molecule has 1 aliphatic rings. The molecule has 0 radical (unpaired) electrons. The van der Waals surface area contributed by atoms with E-state index in [4.69, 9.17) is 0 Å². The Balaban J connectivity index is 1.93. The van der Waals surface area contributed by atoms with Gasteiger partial charge in [-0.25, -0.2) is 0 Å². The molecule has 1 unspecified atom stereocenters. The maximum Gasteiger partial charge on any atom is 0.223 e. The van der Waals surface area contributed by atoms with Crippen LogP contribution in [0.15, 0.2) is 30.3 Å². The largest absolute Gasteiger partial charge is 0.352 e. The highest BCUT2D eigenvalue weighted by Crippen LogP contribution is 2.28. The van der Waals surface area contributed by atoms with Crippen LogP contribution in [0.5, 0.6) is 0 Å². The summed E-state index contributed by atoms with van der Waals surface area (Å²) in [5.41, 5.74) is 1.000. The van der Waals surface area contributed by atoms with E-state index in [0.29, 0.717) is 19.4 Å². The molecule has 0 bridgehead atoms. The van der Waals surface area contributed by atoms with Gasteiger partial charge in [0.2, 0.25) is 11.8 Å². The van der Waals surface area contributed by atoms with Gasteiger partial charge in [0, 0.05) is 32.0 Å². The Morgan fingerprint density at radius 3 is 2.62 bits per heavy atom.